The van der Waals surface area contributed by atoms with Crippen LogP contribution in [-0.4, -0.2) is 60.7 Å². The van der Waals surface area contributed by atoms with Crippen LogP contribution >= 0.6 is 0 Å². The molecule has 2 aliphatic heterocycles. The van der Waals surface area contributed by atoms with Gasteiger partial charge >= 0.3 is 6.18 Å². The predicted octanol–water partition coefficient (Wildman–Crippen LogP) is 2.00. The monoisotopic (exact) mass is 346 g/mol. The molecule has 9 heteroatoms. The molecule has 6 nitrogen and oxygen atoms in total. The Morgan fingerprint density at radius 2 is 1.92 bits per heavy atom. The van der Waals surface area contributed by atoms with Gasteiger partial charge < -0.3 is 19.1 Å². The average molecular weight is 346 g/mol. The molecule has 1 aromatic rings. The molecule has 132 valence electrons. The zero-order chi connectivity index (χ0) is 17.2. The Bertz CT molecular complexity index is 575. The van der Waals surface area contributed by atoms with Crippen LogP contribution in [0.4, 0.5) is 13.2 Å². The largest absolute Gasteiger partial charge is 0.468 e. The molecule has 3 heterocycles. The van der Waals surface area contributed by atoms with Gasteiger partial charge in [0.1, 0.15) is 0 Å². The molecule has 2 fully saturated rings. The molecule has 0 unspecified atom stereocenters. The Hall–Kier alpha value is -1.87. The van der Waals surface area contributed by atoms with Gasteiger partial charge in [-0.25, -0.2) is 4.98 Å². The Morgan fingerprint density at radius 3 is 2.46 bits per heavy atom. The highest BCUT2D eigenvalue weighted by atomic mass is 19.4. The number of ether oxygens (including phenoxy) is 3. The molecule has 0 N–H and O–H groups in total. The van der Waals surface area contributed by atoms with Crippen molar-refractivity contribution < 1.29 is 32.2 Å². The Kier molecular flexibility index (Phi) is 4.64. The molecule has 1 spiro atoms. The van der Waals surface area contributed by atoms with Gasteiger partial charge in [0.15, 0.2) is 12.4 Å². The van der Waals surface area contributed by atoms with Crippen LogP contribution in [0.3, 0.4) is 0 Å². The van der Waals surface area contributed by atoms with Crippen molar-refractivity contribution in [3.05, 3.63) is 23.9 Å². The minimum Gasteiger partial charge on any atom is -0.468 e. The minimum absolute atomic E-state index is 0.172. The first-order chi connectivity index (χ1) is 11.4. The van der Waals surface area contributed by atoms with E-state index >= 15 is 0 Å². The van der Waals surface area contributed by atoms with Gasteiger partial charge in [0.25, 0.3) is 5.91 Å². The highest BCUT2D eigenvalue weighted by Crippen LogP contribution is 2.31. The van der Waals surface area contributed by atoms with Crippen LogP contribution in [0.2, 0.25) is 0 Å². The molecule has 0 aliphatic carbocycles. The number of likely N-dealkylation sites (tertiary alicyclic amines) is 1. The number of hydrogen-bond donors (Lipinski definition) is 0. The summed E-state index contributed by atoms with van der Waals surface area (Å²) < 4.78 is 52.0. The van der Waals surface area contributed by atoms with E-state index in [4.69, 9.17) is 9.47 Å². The quantitative estimate of drug-likeness (QED) is 0.838. The van der Waals surface area contributed by atoms with E-state index < -0.39 is 18.6 Å². The van der Waals surface area contributed by atoms with Gasteiger partial charge in [-0.2, -0.15) is 13.2 Å². The lowest BCUT2D eigenvalue weighted by Gasteiger charge is -2.37. The van der Waals surface area contributed by atoms with E-state index in [9.17, 15) is 18.0 Å². The van der Waals surface area contributed by atoms with Crippen molar-refractivity contribution >= 4 is 5.91 Å². The zero-order valence-corrected chi connectivity index (χ0v) is 12.8. The van der Waals surface area contributed by atoms with Crippen molar-refractivity contribution in [1.82, 2.24) is 9.88 Å². The number of nitrogens with zero attached hydrogens (tertiary/aromatic N) is 2. The molecule has 0 saturated carbocycles. The lowest BCUT2D eigenvalue weighted by atomic mass is 10.0. The number of carbonyl (C=O) groups excluding carboxylic acids is 1. The molecule has 1 amide bonds. The molecule has 3 rings (SSSR count). The van der Waals surface area contributed by atoms with Crippen molar-refractivity contribution in [3.63, 3.8) is 0 Å². The van der Waals surface area contributed by atoms with Gasteiger partial charge in [-0.3, -0.25) is 4.79 Å². The molecule has 0 radical (unpaired) electrons. The molecule has 2 saturated heterocycles. The summed E-state index contributed by atoms with van der Waals surface area (Å²) >= 11 is 0. The van der Waals surface area contributed by atoms with Gasteiger partial charge in [-0.05, 0) is 6.07 Å². The minimum atomic E-state index is -4.43. The Morgan fingerprint density at radius 1 is 1.25 bits per heavy atom. The summed E-state index contributed by atoms with van der Waals surface area (Å²) in [5, 5.41) is 0. The molecule has 1 aromatic heterocycles. The number of aromatic nitrogens is 1. The Balaban J connectivity index is 1.55. The summed E-state index contributed by atoms with van der Waals surface area (Å²) in [6.45, 7) is 0.701. The lowest BCUT2D eigenvalue weighted by molar-refractivity contribution is -0.181. The normalized spacial score (nSPS) is 20.4. The van der Waals surface area contributed by atoms with Gasteiger partial charge in [0.05, 0.1) is 18.8 Å². The summed E-state index contributed by atoms with van der Waals surface area (Å²) in [6.07, 6.45) is -2.01. The molecule has 0 atom stereocenters. The summed E-state index contributed by atoms with van der Waals surface area (Å²) in [7, 11) is 0. The van der Waals surface area contributed by atoms with Crippen LogP contribution in [0.25, 0.3) is 0 Å². The fourth-order valence-electron chi connectivity index (χ4n) is 2.77. The number of carbonyl (C=O) groups is 1. The van der Waals surface area contributed by atoms with Gasteiger partial charge in [-0.1, -0.05) is 0 Å². The number of piperidine rings is 1. The van der Waals surface area contributed by atoms with Crippen molar-refractivity contribution in [2.24, 2.45) is 0 Å². The van der Waals surface area contributed by atoms with Crippen molar-refractivity contribution in [2.45, 2.75) is 24.8 Å². The van der Waals surface area contributed by atoms with E-state index in [0.29, 0.717) is 44.7 Å². The second-order valence-corrected chi connectivity index (χ2v) is 5.69. The number of alkyl halides is 3. The van der Waals surface area contributed by atoms with E-state index in [1.807, 2.05) is 0 Å². The maximum absolute atomic E-state index is 12.4. The second kappa shape index (κ2) is 6.56. The first-order valence-corrected chi connectivity index (χ1v) is 7.60. The topological polar surface area (TPSA) is 60.9 Å². The molecule has 0 bridgehead atoms. The molecule has 2 aliphatic rings. The van der Waals surface area contributed by atoms with Crippen LogP contribution in [0, 0.1) is 0 Å². The van der Waals surface area contributed by atoms with E-state index in [-0.39, 0.29) is 11.8 Å². The number of hydrogen-bond acceptors (Lipinski definition) is 5. The van der Waals surface area contributed by atoms with Gasteiger partial charge in [0.2, 0.25) is 5.88 Å². The number of pyridine rings is 1. The molecular weight excluding hydrogens is 329 g/mol. The third kappa shape index (κ3) is 3.96. The molecular formula is C15H17F3N2O4. The lowest BCUT2D eigenvalue weighted by Crippen LogP contribution is -2.47. The highest BCUT2D eigenvalue weighted by Gasteiger charge is 2.40. The SMILES string of the molecule is O=C(c1ccc(OCC(F)(F)F)nc1)N1CCC2(CC1)OCCO2. The van der Waals surface area contributed by atoms with Crippen LogP contribution in [-0.2, 0) is 9.47 Å². The third-order valence-corrected chi connectivity index (χ3v) is 3.99. The van der Waals surface area contributed by atoms with Crippen molar-refractivity contribution in [3.8, 4) is 5.88 Å². The number of halogens is 3. The van der Waals surface area contributed by atoms with E-state index in [1.54, 1.807) is 4.90 Å². The van der Waals surface area contributed by atoms with Crippen LogP contribution < -0.4 is 4.74 Å². The number of rotatable bonds is 3. The maximum Gasteiger partial charge on any atom is 0.422 e. The Labute approximate surface area is 136 Å². The number of amides is 1. The fourth-order valence-corrected chi connectivity index (χ4v) is 2.77. The van der Waals surface area contributed by atoms with Crippen LogP contribution in [0.1, 0.15) is 23.2 Å². The highest BCUT2D eigenvalue weighted by molar-refractivity contribution is 5.94. The van der Waals surface area contributed by atoms with Gasteiger partial charge in [-0.15, -0.1) is 0 Å². The summed E-state index contributed by atoms with van der Waals surface area (Å²) in [4.78, 5) is 17.8. The summed E-state index contributed by atoms with van der Waals surface area (Å²) in [5.41, 5.74) is 0.304. The standard InChI is InChI=1S/C15H17F3N2O4/c16-15(17,18)10-22-12-2-1-11(9-19-12)13(21)20-5-3-14(4-6-20)23-7-8-24-14/h1-2,9H,3-8,10H2. The molecule has 0 aromatic carbocycles. The third-order valence-electron chi connectivity index (χ3n) is 3.99. The van der Waals surface area contributed by atoms with Crippen LogP contribution in [0.5, 0.6) is 5.88 Å². The van der Waals surface area contributed by atoms with E-state index in [2.05, 4.69) is 9.72 Å². The van der Waals surface area contributed by atoms with Crippen LogP contribution in [0.15, 0.2) is 18.3 Å². The summed E-state index contributed by atoms with van der Waals surface area (Å²) in [6, 6.07) is 2.67. The first-order valence-electron chi connectivity index (χ1n) is 7.60. The van der Waals surface area contributed by atoms with Crippen molar-refractivity contribution in [1.29, 1.82) is 0 Å². The predicted molar refractivity (Wildman–Crippen MR) is 75.6 cm³/mol. The van der Waals surface area contributed by atoms with Gasteiger partial charge in [0, 0.05) is 38.2 Å². The molecule has 24 heavy (non-hydrogen) atoms. The second-order valence-electron chi connectivity index (χ2n) is 5.69. The maximum atomic E-state index is 12.4. The summed E-state index contributed by atoms with van der Waals surface area (Å²) in [5.74, 6) is -0.962. The smallest absolute Gasteiger partial charge is 0.422 e. The fraction of sp³-hybridized carbons (Fsp3) is 0.600. The first kappa shape index (κ1) is 17.0. The van der Waals surface area contributed by atoms with Crippen molar-refractivity contribution in [2.75, 3.05) is 32.9 Å². The van der Waals surface area contributed by atoms with E-state index in [0.717, 1.165) is 0 Å². The average Bonchev–Trinajstić information content (AvgIpc) is 3.01. The zero-order valence-electron chi connectivity index (χ0n) is 12.8. The van der Waals surface area contributed by atoms with E-state index in [1.165, 1.54) is 18.3 Å².